The van der Waals surface area contributed by atoms with Gasteiger partial charge in [0.05, 0.1) is 12.5 Å². The Bertz CT molecular complexity index is 874. The maximum Gasteiger partial charge on any atom is 0.316 e. The van der Waals surface area contributed by atoms with Crippen LogP contribution < -0.4 is 10.6 Å². The van der Waals surface area contributed by atoms with Gasteiger partial charge in [0.2, 0.25) is 5.91 Å². The Morgan fingerprint density at radius 1 is 1.04 bits per heavy atom. The fourth-order valence-electron chi connectivity index (χ4n) is 3.02. The molecule has 146 valence electrons. The second-order valence-corrected chi connectivity index (χ2v) is 7.15. The Labute approximate surface area is 168 Å². The van der Waals surface area contributed by atoms with E-state index in [0.29, 0.717) is 16.3 Å². The zero-order chi connectivity index (χ0) is 20.1. The molecule has 0 aromatic heterocycles. The summed E-state index contributed by atoms with van der Waals surface area (Å²) in [5.74, 6) is -0.711. The third-order valence-electron chi connectivity index (χ3n) is 4.79. The summed E-state index contributed by atoms with van der Waals surface area (Å²) in [6.07, 6.45) is 1.67. The first-order valence-electron chi connectivity index (χ1n) is 8.97. The molecule has 2 amide bonds. The van der Waals surface area contributed by atoms with Crippen molar-refractivity contribution in [2.75, 3.05) is 19.0 Å². The molecule has 2 N–H and O–H groups in total. The van der Waals surface area contributed by atoms with Crippen molar-refractivity contribution in [2.24, 2.45) is 0 Å². The normalized spacial score (nSPS) is 14.1. The van der Waals surface area contributed by atoms with Gasteiger partial charge in [-0.15, -0.1) is 0 Å². The van der Waals surface area contributed by atoms with Crippen molar-refractivity contribution in [2.45, 2.75) is 24.7 Å². The molecule has 0 spiro atoms. The predicted octanol–water partition coefficient (Wildman–Crippen LogP) is 3.30. The fraction of sp³-hybridized carbons (Fsp3) is 0.286. The number of amides is 2. The number of nitrogens with one attached hydrogen (secondary N) is 2. The van der Waals surface area contributed by atoms with Crippen LogP contribution in [-0.2, 0) is 19.7 Å². The molecule has 0 bridgehead atoms. The van der Waals surface area contributed by atoms with E-state index in [4.69, 9.17) is 16.3 Å². The van der Waals surface area contributed by atoms with E-state index in [-0.39, 0.29) is 30.7 Å². The molecule has 7 heteroatoms. The van der Waals surface area contributed by atoms with E-state index in [1.165, 1.54) is 7.11 Å². The van der Waals surface area contributed by atoms with Gasteiger partial charge >= 0.3 is 5.97 Å². The quantitative estimate of drug-likeness (QED) is 0.698. The highest BCUT2D eigenvalue weighted by Crippen LogP contribution is 2.49. The lowest BCUT2D eigenvalue weighted by atomic mass is 9.95. The van der Waals surface area contributed by atoms with Crippen LogP contribution in [0.15, 0.2) is 48.5 Å². The van der Waals surface area contributed by atoms with Crippen LogP contribution in [0.2, 0.25) is 5.02 Å². The standard InChI is InChI=1S/C21H21ClN2O4/c1-28-20(27)21(11-12-21)15-4-2-14(3-5-15)19(26)23-13-10-18(25)24-17-8-6-16(22)7-9-17/h2-9H,10-13H2,1H3,(H,23,26)(H,24,25). The van der Waals surface area contributed by atoms with Crippen molar-refractivity contribution in [3.05, 3.63) is 64.7 Å². The highest BCUT2D eigenvalue weighted by molar-refractivity contribution is 6.30. The summed E-state index contributed by atoms with van der Waals surface area (Å²) >= 11 is 5.80. The van der Waals surface area contributed by atoms with Crippen molar-refractivity contribution in [1.82, 2.24) is 5.32 Å². The number of ether oxygens (including phenoxy) is 1. The van der Waals surface area contributed by atoms with Crippen LogP contribution in [0.3, 0.4) is 0 Å². The molecule has 6 nitrogen and oxygen atoms in total. The first-order valence-corrected chi connectivity index (χ1v) is 9.35. The first kappa shape index (κ1) is 19.9. The van der Waals surface area contributed by atoms with E-state index in [1.807, 2.05) is 0 Å². The third kappa shape index (κ3) is 4.51. The lowest BCUT2D eigenvalue weighted by Gasteiger charge is -2.13. The van der Waals surface area contributed by atoms with Crippen LogP contribution >= 0.6 is 11.6 Å². The van der Waals surface area contributed by atoms with Gasteiger partial charge in [0.1, 0.15) is 0 Å². The maximum absolute atomic E-state index is 12.2. The van der Waals surface area contributed by atoms with Gasteiger partial charge in [0, 0.05) is 29.2 Å². The van der Waals surface area contributed by atoms with Gasteiger partial charge in [0.25, 0.3) is 5.91 Å². The number of methoxy groups -OCH3 is 1. The second-order valence-electron chi connectivity index (χ2n) is 6.71. The SMILES string of the molecule is COC(=O)C1(c2ccc(C(=O)NCCC(=O)Nc3ccc(Cl)cc3)cc2)CC1. The van der Waals surface area contributed by atoms with Crippen LogP contribution in [-0.4, -0.2) is 31.4 Å². The van der Waals surface area contributed by atoms with E-state index >= 15 is 0 Å². The average Bonchev–Trinajstić information content (AvgIpc) is 3.51. The summed E-state index contributed by atoms with van der Waals surface area (Å²) < 4.78 is 4.87. The third-order valence-corrected chi connectivity index (χ3v) is 5.04. The lowest BCUT2D eigenvalue weighted by molar-refractivity contribution is -0.143. The highest BCUT2D eigenvalue weighted by Gasteiger charge is 2.52. The summed E-state index contributed by atoms with van der Waals surface area (Å²) in [5, 5.41) is 6.05. The van der Waals surface area contributed by atoms with Gasteiger partial charge in [-0.25, -0.2) is 0 Å². The van der Waals surface area contributed by atoms with E-state index in [9.17, 15) is 14.4 Å². The average molecular weight is 401 g/mol. The monoisotopic (exact) mass is 400 g/mol. The van der Waals surface area contributed by atoms with Crippen molar-refractivity contribution < 1.29 is 19.1 Å². The number of anilines is 1. The van der Waals surface area contributed by atoms with Crippen molar-refractivity contribution in [3.63, 3.8) is 0 Å². The van der Waals surface area contributed by atoms with Gasteiger partial charge in [0.15, 0.2) is 0 Å². The minimum absolute atomic E-state index is 0.151. The molecular formula is C21H21ClN2O4. The summed E-state index contributed by atoms with van der Waals surface area (Å²) in [6.45, 7) is 0.214. The van der Waals surface area contributed by atoms with E-state index in [2.05, 4.69) is 10.6 Å². The molecule has 0 heterocycles. The van der Waals surface area contributed by atoms with Crippen LogP contribution in [0.1, 0.15) is 35.2 Å². The molecule has 1 saturated carbocycles. The van der Waals surface area contributed by atoms with Crippen LogP contribution in [0.25, 0.3) is 0 Å². The molecule has 3 rings (SSSR count). The molecule has 28 heavy (non-hydrogen) atoms. The minimum Gasteiger partial charge on any atom is -0.468 e. The molecular weight excluding hydrogens is 380 g/mol. The second kappa shape index (κ2) is 8.44. The van der Waals surface area contributed by atoms with Crippen molar-refractivity contribution in [1.29, 1.82) is 0 Å². The summed E-state index contributed by atoms with van der Waals surface area (Å²) in [4.78, 5) is 36.1. The zero-order valence-electron chi connectivity index (χ0n) is 15.5. The molecule has 1 fully saturated rings. The van der Waals surface area contributed by atoms with Crippen LogP contribution in [0.5, 0.6) is 0 Å². The summed E-state index contributed by atoms with van der Waals surface area (Å²) in [5.41, 5.74) is 1.43. The van der Waals surface area contributed by atoms with Gasteiger partial charge in [-0.05, 0) is 54.8 Å². The maximum atomic E-state index is 12.2. The molecule has 2 aromatic carbocycles. The van der Waals surface area contributed by atoms with Gasteiger partial charge in [-0.1, -0.05) is 23.7 Å². The van der Waals surface area contributed by atoms with Crippen molar-refractivity contribution in [3.8, 4) is 0 Å². The summed E-state index contributed by atoms with van der Waals surface area (Å²) in [7, 11) is 1.38. The molecule has 2 aromatic rings. The Kier molecular flexibility index (Phi) is 5.99. The largest absolute Gasteiger partial charge is 0.468 e. The molecule has 0 aliphatic heterocycles. The number of hydrogen-bond donors (Lipinski definition) is 2. The predicted molar refractivity (Wildman–Crippen MR) is 106 cm³/mol. The van der Waals surface area contributed by atoms with Crippen molar-refractivity contribution >= 4 is 35.1 Å². The Hall–Kier alpha value is -2.86. The number of esters is 1. The Balaban J connectivity index is 1.48. The number of rotatable bonds is 7. The van der Waals surface area contributed by atoms with Gasteiger partial charge in [-0.3, -0.25) is 14.4 Å². The van der Waals surface area contributed by atoms with E-state index in [1.54, 1.807) is 48.5 Å². The summed E-state index contributed by atoms with van der Waals surface area (Å²) in [6, 6.07) is 13.7. The number of carbonyl (C=O) groups excluding carboxylic acids is 3. The van der Waals surface area contributed by atoms with E-state index < -0.39 is 5.41 Å². The highest BCUT2D eigenvalue weighted by atomic mass is 35.5. The zero-order valence-corrected chi connectivity index (χ0v) is 16.2. The fourth-order valence-corrected chi connectivity index (χ4v) is 3.15. The molecule has 0 unspecified atom stereocenters. The minimum atomic E-state index is -0.552. The molecule has 0 saturated heterocycles. The number of benzene rings is 2. The Morgan fingerprint density at radius 3 is 2.25 bits per heavy atom. The first-order chi connectivity index (χ1) is 13.4. The Morgan fingerprint density at radius 2 is 1.68 bits per heavy atom. The molecule has 0 atom stereocenters. The number of halogens is 1. The molecule has 0 radical (unpaired) electrons. The van der Waals surface area contributed by atoms with Crippen LogP contribution in [0.4, 0.5) is 5.69 Å². The van der Waals surface area contributed by atoms with E-state index in [0.717, 1.165) is 18.4 Å². The molecule has 1 aliphatic carbocycles. The topological polar surface area (TPSA) is 84.5 Å². The van der Waals surface area contributed by atoms with Crippen LogP contribution in [0, 0.1) is 0 Å². The molecule has 1 aliphatic rings. The van der Waals surface area contributed by atoms with Gasteiger partial charge in [-0.2, -0.15) is 0 Å². The number of hydrogen-bond acceptors (Lipinski definition) is 4. The lowest BCUT2D eigenvalue weighted by Crippen LogP contribution is -2.28. The number of carbonyl (C=O) groups is 3. The van der Waals surface area contributed by atoms with Gasteiger partial charge < -0.3 is 15.4 Å². The smallest absolute Gasteiger partial charge is 0.316 e.